The molecule has 1 aliphatic heterocycles. The average molecular weight is 447 g/mol. The van der Waals surface area contributed by atoms with Crippen LogP contribution in [-0.2, 0) is 0 Å². The van der Waals surface area contributed by atoms with E-state index in [1.54, 1.807) is 31.3 Å². The van der Waals surface area contributed by atoms with Gasteiger partial charge in [0.05, 0.1) is 25.8 Å². The van der Waals surface area contributed by atoms with Crippen LogP contribution in [0, 0.1) is 6.92 Å². The van der Waals surface area contributed by atoms with Gasteiger partial charge < -0.3 is 19.3 Å². The van der Waals surface area contributed by atoms with Gasteiger partial charge in [-0.1, -0.05) is 41.1 Å². The van der Waals surface area contributed by atoms with E-state index in [-0.39, 0.29) is 6.03 Å². The second-order valence-electron chi connectivity index (χ2n) is 7.69. The number of benzene rings is 2. The Morgan fingerprint density at radius 2 is 1.94 bits per heavy atom. The van der Waals surface area contributed by atoms with Crippen molar-refractivity contribution in [3.8, 4) is 22.9 Å². The second kappa shape index (κ2) is 9.20. The Morgan fingerprint density at radius 3 is 2.64 bits per heavy atom. The van der Waals surface area contributed by atoms with Crippen molar-refractivity contribution in [3.05, 3.63) is 77.8 Å². The van der Waals surface area contributed by atoms with Gasteiger partial charge in [-0.3, -0.25) is 4.90 Å². The number of nitrogens with one attached hydrogen (secondary N) is 1. The molecule has 3 aromatic rings. The van der Waals surface area contributed by atoms with Crippen molar-refractivity contribution in [2.45, 2.75) is 19.9 Å². The molecule has 8 heteroatoms. The Labute approximate surface area is 192 Å². The molecular formula is C25H26N4O4. The van der Waals surface area contributed by atoms with E-state index in [0.717, 1.165) is 16.7 Å². The van der Waals surface area contributed by atoms with Gasteiger partial charge in [-0.05, 0) is 37.6 Å². The Morgan fingerprint density at radius 1 is 1.15 bits per heavy atom. The molecule has 170 valence electrons. The van der Waals surface area contributed by atoms with Crippen LogP contribution in [0.4, 0.5) is 4.79 Å². The van der Waals surface area contributed by atoms with Gasteiger partial charge in [0.2, 0.25) is 5.82 Å². The quantitative estimate of drug-likeness (QED) is 0.527. The number of rotatable bonds is 7. The van der Waals surface area contributed by atoms with Crippen molar-refractivity contribution >= 4 is 11.6 Å². The molecule has 8 nitrogen and oxygen atoms in total. The SMILES string of the molecule is C=CCN1C(=O)NC(c2ccc(OC)c(OC)c2)C(c2nc(-c3cccc(C)c3)no2)=C1C. The van der Waals surface area contributed by atoms with E-state index in [0.29, 0.717) is 41.0 Å². The molecule has 2 amide bonds. The van der Waals surface area contributed by atoms with Crippen molar-refractivity contribution in [3.63, 3.8) is 0 Å². The third-order valence-corrected chi connectivity index (χ3v) is 5.58. The molecule has 0 saturated carbocycles. The standard InChI is InChI=1S/C25H26N4O4/c1-6-12-29-16(3)21(24-27-23(28-33-24)18-9-7-8-15(2)13-18)22(26-25(29)30)17-10-11-19(31-4)20(14-17)32-5/h6-11,13-14,22H,1,12H2,2-5H3,(H,26,30). The summed E-state index contributed by atoms with van der Waals surface area (Å²) in [7, 11) is 3.15. The highest BCUT2D eigenvalue weighted by Gasteiger charge is 2.35. The number of nitrogens with zero attached hydrogens (tertiary/aromatic N) is 3. The van der Waals surface area contributed by atoms with Gasteiger partial charge in [0.1, 0.15) is 0 Å². The molecule has 1 aliphatic rings. The van der Waals surface area contributed by atoms with E-state index in [9.17, 15) is 4.79 Å². The number of aromatic nitrogens is 2. The first-order chi connectivity index (χ1) is 16.0. The second-order valence-corrected chi connectivity index (χ2v) is 7.69. The molecule has 1 aromatic heterocycles. The third kappa shape index (κ3) is 4.19. The van der Waals surface area contributed by atoms with Gasteiger partial charge in [0.15, 0.2) is 11.5 Å². The van der Waals surface area contributed by atoms with E-state index < -0.39 is 6.04 Å². The molecule has 2 heterocycles. The van der Waals surface area contributed by atoms with E-state index >= 15 is 0 Å². The van der Waals surface area contributed by atoms with Crippen molar-refractivity contribution in [1.82, 2.24) is 20.4 Å². The fraction of sp³-hybridized carbons (Fsp3) is 0.240. The minimum absolute atomic E-state index is 0.241. The van der Waals surface area contributed by atoms with E-state index in [4.69, 9.17) is 14.0 Å². The third-order valence-electron chi connectivity index (χ3n) is 5.58. The fourth-order valence-electron chi connectivity index (χ4n) is 3.92. The van der Waals surface area contributed by atoms with Crippen molar-refractivity contribution in [2.75, 3.05) is 20.8 Å². The maximum atomic E-state index is 12.9. The molecule has 0 saturated heterocycles. The molecule has 0 aliphatic carbocycles. The number of hydrogen-bond acceptors (Lipinski definition) is 6. The van der Waals surface area contributed by atoms with Gasteiger partial charge in [-0.25, -0.2) is 4.79 Å². The van der Waals surface area contributed by atoms with Crippen LogP contribution in [0.2, 0.25) is 0 Å². The molecule has 0 fully saturated rings. The molecule has 33 heavy (non-hydrogen) atoms. The summed E-state index contributed by atoms with van der Waals surface area (Å²) >= 11 is 0. The van der Waals surface area contributed by atoms with E-state index in [2.05, 4.69) is 22.0 Å². The summed E-state index contributed by atoms with van der Waals surface area (Å²) in [4.78, 5) is 19.2. The van der Waals surface area contributed by atoms with Gasteiger partial charge in [0.25, 0.3) is 5.89 Å². The highest BCUT2D eigenvalue weighted by atomic mass is 16.5. The lowest BCUT2D eigenvalue weighted by Crippen LogP contribution is -2.46. The lowest BCUT2D eigenvalue weighted by molar-refractivity contribution is 0.209. The fourth-order valence-corrected chi connectivity index (χ4v) is 3.92. The zero-order valence-corrected chi connectivity index (χ0v) is 19.1. The maximum absolute atomic E-state index is 12.9. The van der Waals surface area contributed by atoms with Crippen molar-refractivity contribution < 1.29 is 18.8 Å². The molecule has 0 bridgehead atoms. The van der Waals surface area contributed by atoms with Gasteiger partial charge >= 0.3 is 6.03 Å². The number of carbonyl (C=O) groups is 1. The summed E-state index contributed by atoms with van der Waals surface area (Å²) in [6.07, 6.45) is 1.67. The first kappa shape index (κ1) is 22.1. The molecule has 1 N–H and O–H groups in total. The largest absolute Gasteiger partial charge is 0.493 e. The van der Waals surface area contributed by atoms with Crippen molar-refractivity contribution in [2.24, 2.45) is 0 Å². The summed E-state index contributed by atoms with van der Waals surface area (Å²) in [5.41, 5.74) is 4.16. The predicted octanol–water partition coefficient (Wildman–Crippen LogP) is 4.75. The average Bonchev–Trinajstić information content (AvgIpc) is 3.30. The molecule has 0 radical (unpaired) electrons. The number of amides is 2. The highest BCUT2D eigenvalue weighted by Crippen LogP contribution is 2.40. The number of carbonyl (C=O) groups excluding carboxylic acids is 1. The number of aryl methyl sites for hydroxylation is 1. The lowest BCUT2D eigenvalue weighted by Gasteiger charge is -2.34. The molecule has 2 aromatic carbocycles. The lowest BCUT2D eigenvalue weighted by atomic mass is 9.94. The van der Waals surface area contributed by atoms with Crippen LogP contribution in [-0.4, -0.2) is 41.8 Å². The van der Waals surface area contributed by atoms with Gasteiger partial charge in [-0.15, -0.1) is 6.58 Å². The number of hydrogen-bond donors (Lipinski definition) is 1. The molecular weight excluding hydrogens is 420 g/mol. The van der Waals surface area contributed by atoms with Crippen LogP contribution in [0.3, 0.4) is 0 Å². The summed E-state index contributed by atoms with van der Waals surface area (Å²) in [6, 6.07) is 12.6. The summed E-state index contributed by atoms with van der Waals surface area (Å²) in [6.45, 7) is 7.98. The minimum Gasteiger partial charge on any atom is -0.493 e. The number of ether oxygens (including phenoxy) is 2. The van der Waals surface area contributed by atoms with Crippen LogP contribution in [0.1, 0.15) is 30.0 Å². The Kier molecular flexibility index (Phi) is 6.17. The van der Waals surface area contributed by atoms with Crippen LogP contribution < -0.4 is 14.8 Å². The van der Waals surface area contributed by atoms with Gasteiger partial charge in [-0.2, -0.15) is 4.98 Å². The molecule has 1 atom stereocenters. The predicted molar refractivity (Wildman–Crippen MR) is 125 cm³/mol. The zero-order valence-electron chi connectivity index (χ0n) is 19.1. The Hall–Kier alpha value is -4.07. The topological polar surface area (TPSA) is 89.7 Å². The molecule has 1 unspecified atom stereocenters. The van der Waals surface area contributed by atoms with Crippen LogP contribution in [0.25, 0.3) is 17.0 Å². The number of allylic oxidation sites excluding steroid dienone is 1. The van der Waals surface area contributed by atoms with Gasteiger partial charge in [0, 0.05) is 17.8 Å². The first-order valence-electron chi connectivity index (χ1n) is 10.5. The maximum Gasteiger partial charge on any atom is 0.322 e. The van der Waals surface area contributed by atoms with E-state index in [1.807, 2.05) is 50.2 Å². The van der Waals surface area contributed by atoms with Crippen LogP contribution in [0.15, 0.2) is 65.3 Å². The summed E-state index contributed by atoms with van der Waals surface area (Å²) < 4.78 is 16.5. The number of urea groups is 1. The first-order valence-corrected chi connectivity index (χ1v) is 10.5. The Balaban J connectivity index is 1.84. The number of methoxy groups -OCH3 is 2. The minimum atomic E-state index is -0.524. The summed E-state index contributed by atoms with van der Waals surface area (Å²) in [5.74, 6) is 1.96. The zero-order chi connectivity index (χ0) is 23.5. The molecule has 0 spiro atoms. The van der Waals surface area contributed by atoms with E-state index in [1.165, 1.54) is 0 Å². The van der Waals surface area contributed by atoms with Crippen LogP contribution >= 0.6 is 0 Å². The smallest absolute Gasteiger partial charge is 0.322 e. The monoisotopic (exact) mass is 446 g/mol. The summed E-state index contributed by atoms with van der Waals surface area (Å²) in [5, 5.41) is 7.25. The highest BCUT2D eigenvalue weighted by molar-refractivity contribution is 5.87. The normalized spacial score (nSPS) is 15.9. The van der Waals surface area contributed by atoms with Crippen molar-refractivity contribution in [1.29, 1.82) is 0 Å². The Bertz CT molecular complexity index is 1230. The molecule has 4 rings (SSSR count). The van der Waals surface area contributed by atoms with Crippen LogP contribution in [0.5, 0.6) is 11.5 Å².